The Morgan fingerprint density at radius 1 is 1.17 bits per heavy atom. The Labute approximate surface area is 88.1 Å². The van der Waals surface area contributed by atoms with Gasteiger partial charge in [-0.3, -0.25) is 0 Å². The Morgan fingerprint density at radius 2 is 1.75 bits per heavy atom. The predicted octanol–water partition coefficient (Wildman–Crippen LogP) is -0.756. The van der Waals surface area contributed by atoms with E-state index in [4.69, 9.17) is 0 Å². The van der Waals surface area contributed by atoms with Gasteiger partial charge in [0.25, 0.3) is 0 Å². The van der Waals surface area contributed by atoms with E-state index >= 15 is 0 Å². The van der Waals surface area contributed by atoms with Crippen molar-refractivity contribution >= 4 is 0 Å². The van der Waals surface area contributed by atoms with Crippen LogP contribution in [-0.2, 0) is 0 Å². The topological polar surface area (TPSA) is 23.1 Å². The molecule has 12 heavy (non-hydrogen) atoms. The Hall–Kier alpha value is 0.557. The molecule has 1 aliphatic carbocycles. The molecule has 0 atom stereocenters. The van der Waals surface area contributed by atoms with Crippen LogP contribution >= 0.6 is 0 Å². The standard InChI is InChI=1S/C10H19O.Li/c1-2-3-4-7-10(11)8-5-6-9-10;/h2-9H2,1H3;/q-1;+1. The maximum Gasteiger partial charge on any atom is 1.00 e. The molecular weight excluding hydrogens is 143 g/mol. The summed E-state index contributed by atoms with van der Waals surface area (Å²) < 4.78 is 0. The SMILES string of the molecule is CCCCCC1([O-])CCCC1.[Li+]. The van der Waals surface area contributed by atoms with E-state index in [1.54, 1.807) is 0 Å². The van der Waals surface area contributed by atoms with Crippen LogP contribution in [0.4, 0.5) is 0 Å². The van der Waals surface area contributed by atoms with Crippen molar-refractivity contribution in [3.05, 3.63) is 0 Å². The molecule has 0 N–H and O–H groups in total. The van der Waals surface area contributed by atoms with Crippen molar-refractivity contribution in [1.82, 2.24) is 0 Å². The number of hydrogen-bond donors (Lipinski definition) is 0. The van der Waals surface area contributed by atoms with Crippen molar-refractivity contribution in [3.63, 3.8) is 0 Å². The molecule has 0 aliphatic heterocycles. The molecule has 1 aliphatic rings. The van der Waals surface area contributed by atoms with Gasteiger partial charge in [0.2, 0.25) is 0 Å². The van der Waals surface area contributed by atoms with Gasteiger partial charge in [0, 0.05) is 0 Å². The van der Waals surface area contributed by atoms with Gasteiger partial charge >= 0.3 is 18.9 Å². The van der Waals surface area contributed by atoms with Crippen LogP contribution in [0.25, 0.3) is 0 Å². The van der Waals surface area contributed by atoms with Crippen LogP contribution < -0.4 is 24.0 Å². The van der Waals surface area contributed by atoms with E-state index in [1.807, 2.05) is 0 Å². The van der Waals surface area contributed by atoms with Gasteiger partial charge in [-0.15, -0.1) is 5.60 Å². The first kappa shape index (κ1) is 12.6. The molecule has 0 bridgehead atoms. The number of unbranched alkanes of at least 4 members (excludes halogenated alkanes) is 2. The second-order valence-corrected chi connectivity index (χ2v) is 3.85. The fraction of sp³-hybridized carbons (Fsp3) is 1.00. The van der Waals surface area contributed by atoms with Crippen molar-refractivity contribution in [3.8, 4) is 0 Å². The van der Waals surface area contributed by atoms with Crippen LogP contribution in [0.15, 0.2) is 0 Å². The number of hydrogen-bond acceptors (Lipinski definition) is 1. The fourth-order valence-electron chi connectivity index (χ4n) is 1.97. The minimum absolute atomic E-state index is 0. The zero-order chi connectivity index (χ0) is 8.16. The van der Waals surface area contributed by atoms with Crippen LogP contribution in [0, 0.1) is 0 Å². The maximum atomic E-state index is 11.8. The Balaban J connectivity index is 0.00000121. The van der Waals surface area contributed by atoms with Crippen molar-refractivity contribution in [2.45, 2.75) is 63.9 Å². The molecule has 0 saturated heterocycles. The minimum atomic E-state index is -0.505. The normalized spacial score (nSPS) is 20.5. The second-order valence-electron chi connectivity index (χ2n) is 3.85. The first-order valence-electron chi connectivity index (χ1n) is 4.97. The van der Waals surface area contributed by atoms with E-state index in [-0.39, 0.29) is 18.9 Å². The largest absolute Gasteiger partial charge is 1.00 e. The Bertz CT molecular complexity index is 108. The van der Waals surface area contributed by atoms with Gasteiger partial charge in [-0.2, -0.15) is 0 Å². The smallest absolute Gasteiger partial charge is 0.849 e. The third kappa shape index (κ3) is 3.98. The molecule has 0 radical (unpaired) electrons. The molecule has 0 amide bonds. The Morgan fingerprint density at radius 3 is 2.25 bits per heavy atom. The molecule has 0 aromatic rings. The second kappa shape index (κ2) is 6.08. The minimum Gasteiger partial charge on any atom is -0.849 e. The van der Waals surface area contributed by atoms with Crippen molar-refractivity contribution in [2.24, 2.45) is 0 Å². The van der Waals surface area contributed by atoms with E-state index in [2.05, 4.69) is 6.92 Å². The van der Waals surface area contributed by atoms with Gasteiger partial charge in [-0.05, 0) is 0 Å². The van der Waals surface area contributed by atoms with Crippen LogP contribution in [0.1, 0.15) is 58.3 Å². The van der Waals surface area contributed by atoms with Crippen molar-refractivity contribution < 1.29 is 24.0 Å². The van der Waals surface area contributed by atoms with Gasteiger partial charge in [-0.1, -0.05) is 58.3 Å². The predicted molar refractivity (Wildman–Crippen MR) is 45.3 cm³/mol. The average Bonchev–Trinajstić information content (AvgIpc) is 2.38. The summed E-state index contributed by atoms with van der Waals surface area (Å²) in [6.45, 7) is 2.19. The van der Waals surface area contributed by atoms with E-state index in [1.165, 1.54) is 25.7 Å². The molecule has 1 fully saturated rings. The van der Waals surface area contributed by atoms with Crippen molar-refractivity contribution in [2.75, 3.05) is 0 Å². The third-order valence-electron chi connectivity index (χ3n) is 2.75. The molecule has 0 aromatic carbocycles. The van der Waals surface area contributed by atoms with Crippen LogP contribution in [0.3, 0.4) is 0 Å². The average molecular weight is 162 g/mol. The van der Waals surface area contributed by atoms with E-state index in [0.717, 1.165) is 25.7 Å². The summed E-state index contributed by atoms with van der Waals surface area (Å²) >= 11 is 0. The third-order valence-corrected chi connectivity index (χ3v) is 2.75. The monoisotopic (exact) mass is 162 g/mol. The van der Waals surface area contributed by atoms with Crippen LogP contribution in [0.5, 0.6) is 0 Å². The quantitative estimate of drug-likeness (QED) is 0.394. The first-order valence-corrected chi connectivity index (χ1v) is 4.97. The summed E-state index contributed by atoms with van der Waals surface area (Å²) in [6, 6.07) is 0. The number of rotatable bonds is 4. The molecule has 66 valence electrons. The zero-order valence-electron chi connectivity index (χ0n) is 8.57. The van der Waals surface area contributed by atoms with Gasteiger partial charge < -0.3 is 5.11 Å². The fourth-order valence-corrected chi connectivity index (χ4v) is 1.97. The van der Waals surface area contributed by atoms with Crippen LogP contribution in [0.2, 0.25) is 0 Å². The van der Waals surface area contributed by atoms with Gasteiger partial charge in [-0.25, -0.2) is 0 Å². The molecule has 0 heterocycles. The van der Waals surface area contributed by atoms with Crippen molar-refractivity contribution in [1.29, 1.82) is 0 Å². The summed E-state index contributed by atoms with van der Waals surface area (Å²) in [5.41, 5.74) is -0.505. The van der Waals surface area contributed by atoms with Crippen LogP contribution in [-0.4, -0.2) is 5.60 Å². The molecule has 1 nitrogen and oxygen atoms in total. The van der Waals surface area contributed by atoms with E-state index in [0.29, 0.717) is 0 Å². The summed E-state index contributed by atoms with van der Waals surface area (Å²) in [5, 5.41) is 11.8. The van der Waals surface area contributed by atoms with Gasteiger partial charge in [0.15, 0.2) is 0 Å². The Kier molecular flexibility index (Phi) is 6.36. The molecule has 0 unspecified atom stereocenters. The molecule has 2 heteroatoms. The maximum absolute atomic E-state index is 11.8. The first-order chi connectivity index (χ1) is 5.27. The molecule has 1 saturated carbocycles. The molecule has 1 rings (SSSR count). The van der Waals surface area contributed by atoms with E-state index in [9.17, 15) is 5.11 Å². The molecule has 0 aromatic heterocycles. The zero-order valence-corrected chi connectivity index (χ0v) is 8.57. The van der Waals surface area contributed by atoms with Gasteiger partial charge in [0.1, 0.15) is 0 Å². The summed E-state index contributed by atoms with van der Waals surface area (Å²) in [5.74, 6) is 0. The summed E-state index contributed by atoms with van der Waals surface area (Å²) in [4.78, 5) is 0. The summed E-state index contributed by atoms with van der Waals surface area (Å²) in [7, 11) is 0. The molecule has 0 spiro atoms. The molecular formula is C10H19LiO. The summed E-state index contributed by atoms with van der Waals surface area (Å²) in [6.07, 6.45) is 8.79. The van der Waals surface area contributed by atoms with Gasteiger partial charge in [0.05, 0.1) is 0 Å². The van der Waals surface area contributed by atoms with E-state index < -0.39 is 5.60 Å².